The van der Waals surface area contributed by atoms with Gasteiger partial charge in [-0.25, -0.2) is 0 Å². The summed E-state index contributed by atoms with van der Waals surface area (Å²) < 4.78 is 5.60. The molecule has 1 aromatic heterocycles. The highest BCUT2D eigenvalue weighted by Crippen LogP contribution is 2.18. The molecule has 0 aliphatic rings. The number of hydrogen-bond donors (Lipinski definition) is 1. The van der Waals surface area contributed by atoms with Crippen LogP contribution in [0.2, 0.25) is 0 Å². The summed E-state index contributed by atoms with van der Waals surface area (Å²) in [5.74, 6) is -0.183. The smallest absolute Gasteiger partial charge is 0.288 e. The van der Waals surface area contributed by atoms with Crippen LogP contribution in [0.25, 0.3) is 0 Å². The van der Waals surface area contributed by atoms with Gasteiger partial charge >= 0.3 is 0 Å². The van der Waals surface area contributed by atoms with Crippen LogP contribution in [0.15, 0.2) is 21.2 Å². The summed E-state index contributed by atoms with van der Waals surface area (Å²) in [6.07, 6.45) is 0. The number of nitrogens with zero attached hydrogens (tertiary/aromatic N) is 1. The van der Waals surface area contributed by atoms with Crippen molar-refractivity contribution in [3.8, 4) is 6.07 Å². The largest absolute Gasteiger partial charge is 0.444 e. The summed E-state index contributed by atoms with van der Waals surface area (Å²) in [6.45, 7) is 5.44. The second kappa shape index (κ2) is 4.71. The van der Waals surface area contributed by atoms with E-state index in [0.29, 0.717) is 4.67 Å². The first-order valence-electron chi connectivity index (χ1n) is 4.88. The molecule has 4 nitrogen and oxygen atoms in total. The molecular weight excluding hydrogens is 272 g/mol. The highest BCUT2D eigenvalue weighted by atomic mass is 79.9. The van der Waals surface area contributed by atoms with Gasteiger partial charge in [-0.1, -0.05) is 13.8 Å². The third kappa shape index (κ3) is 2.64. The standard InChI is InChI=1S/C11H13BrN2O2/c1-7(2)11(3,6-13)14-10(15)8-4-5-9(12)16-8/h4-5,7H,1-3H3,(H,14,15). The van der Waals surface area contributed by atoms with E-state index < -0.39 is 5.54 Å². The average molecular weight is 285 g/mol. The lowest BCUT2D eigenvalue weighted by Gasteiger charge is -2.26. The van der Waals surface area contributed by atoms with Crippen LogP contribution in [-0.2, 0) is 0 Å². The number of nitriles is 1. The quantitative estimate of drug-likeness (QED) is 0.928. The Kier molecular flexibility index (Phi) is 3.76. The number of nitrogens with one attached hydrogen (secondary N) is 1. The molecule has 0 aromatic carbocycles. The van der Waals surface area contributed by atoms with E-state index in [1.165, 1.54) is 0 Å². The second-order valence-electron chi connectivity index (χ2n) is 4.03. The molecule has 1 N–H and O–H groups in total. The molecule has 5 heteroatoms. The average Bonchev–Trinajstić information content (AvgIpc) is 2.64. The number of carbonyl (C=O) groups is 1. The lowest BCUT2D eigenvalue weighted by atomic mass is 9.90. The fourth-order valence-electron chi connectivity index (χ4n) is 1.04. The zero-order chi connectivity index (χ0) is 12.3. The normalized spacial score (nSPS) is 14.2. The number of furan rings is 1. The SMILES string of the molecule is CC(C)C(C)(C#N)NC(=O)c1ccc(Br)o1. The predicted octanol–water partition coefficient (Wildman–Crippen LogP) is 2.71. The molecule has 0 aliphatic heterocycles. The van der Waals surface area contributed by atoms with Gasteiger partial charge in [0.05, 0.1) is 6.07 Å². The first kappa shape index (κ1) is 12.8. The summed E-state index contributed by atoms with van der Waals surface area (Å²) in [6, 6.07) is 5.29. The van der Waals surface area contributed by atoms with Gasteiger partial charge in [-0.15, -0.1) is 0 Å². The minimum atomic E-state index is -0.893. The van der Waals surface area contributed by atoms with E-state index in [4.69, 9.17) is 9.68 Å². The Labute approximate surface area is 103 Å². The summed E-state index contributed by atoms with van der Waals surface area (Å²) in [4.78, 5) is 11.8. The van der Waals surface area contributed by atoms with Crippen molar-refractivity contribution in [2.24, 2.45) is 5.92 Å². The van der Waals surface area contributed by atoms with Gasteiger partial charge in [0.2, 0.25) is 0 Å². The predicted molar refractivity (Wildman–Crippen MR) is 62.7 cm³/mol. The zero-order valence-corrected chi connectivity index (χ0v) is 11.0. The van der Waals surface area contributed by atoms with Crippen molar-refractivity contribution < 1.29 is 9.21 Å². The van der Waals surface area contributed by atoms with Crippen LogP contribution >= 0.6 is 15.9 Å². The van der Waals surface area contributed by atoms with E-state index in [-0.39, 0.29) is 17.6 Å². The Morgan fingerprint density at radius 3 is 2.62 bits per heavy atom. The summed E-state index contributed by atoms with van der Waals surface area (Å²) in [7, 11) is 0. The number of hydrogen-bond acceptors (Lipinski definition) is 3. The minimum Gasteiger partial charge on any atom is -0.444 e. The van der Waals surface area contributed by atoms with Gasteiger partial charge in [-0.3, -0.25) is 4.79 Å². The van der Waals surface area contributed by atoms with Crippen LogP contribution < -0.4 is 5.32 Å². The number of carbonyl (C=O) groups excluding carboxylic acids is 1. The fourth-order valence-corrected chi connectivity index (χ4v) is 1.34. The molecule has 0 bridgehead atoms. The molecule has 86 valence electrons. The maximum absolute atomic E-state index is 11.8. The van der Waals surface area contributed by atoms with Crippen molar-refractivity contribution in [2.75, 3.05) is 0 Å². The molecule has 0 saturated carbocycles. The van der Waals surface area contributed by atoms with Gasteiger partial charge in [0.1, 0.15) is 5.54 Å². The van der Waals surface area contributed by atoms with Crippen molar-refractivity contribution in [3.05, 3.63) is 22.6 Å². The second-order valence-corrected chi connectivity index (χ2v) is 4.81. The Hall–Kier alpha value is -1.28. The lowest BCUT2D eigenvalue weighted by molar-refractivity contribution is 0.0878. The van der Waals surface area contributed by atoms with Gasteiger partial charge in [0.15, 0.2) is 10.4 Å². The van der Waals surface area contributed by atoms with E-state index in [9.17, 15) is 4.79 Å². The van der Waals surface area contributed by atoms with Crippen molar-refractivity contribution in [1.82, 2.24) is 5.32 Å². The van der Waals surface area contributed by atoms with Crippen molar-refractivity contribution >= 4 is 21.8 Å². The maximum atomic E-state index is 11.8. The molecule has 0 aliphatic carbocycles. The fraction of sp³-hybridized carbons (Fsp3) is 0.455. The third-order valence-corrected chi connectivity index (χ3v) is 2.98. The van der Waals surface area contributed by atoms with E-state index in [1.807, 2.05) is 13.8 Å². The van der Waals surface area contributed by atoms with Gasteiger partial charge in [0.25, 0.3) is 5.91 Å². The van der Waals surface area contributed by atoms with Crippen LogP contribution in [0, 0.1) is 17.2 Å². The first-order valence-corrected chi connectivity index (χ1v) is 5.67. The molecule has 1 rings (SSSR count). The van der Waals surface area contributed by atoms with Crippen molar-refractivity contribution in [1.29, 1.82) is 5.26 Å². The van der Waals surface area contributed by atoms with Crippen molar-refractivity contribution in [2.45, 2.75) is 26.3 Å². The van der Waals surface area contributed by atoms with E-state index in [1.54, 1.807) is 19.1 Å². The van der Waals surface area contributed by atoms with Crippen LogP contribution in [0.5, 0.6) is 0 Å². The van der Waals surface area contributed by atoms with E-state index in [0.717, 1.165) is 0 Å². The lowest BCUT2D eigenvalue weighted by Crippen LogP contribution is -2.48. The third-order valence-electron chi connectivity index (χ3n) is 2.56. The molecule has 0 saturated heterocycles. The van der Waals surface area contributed by atoms with Gasteiger partial charge in [-0.05, 0) is 40.9 Å². The topological polar surface area (TPSA) is 66.0 Å². The summed E-state index contributed by atoms with van der Waals surface area (Å²) in [5, 5.41) is 11.7. The van der Waals surface area contributed by atoms with Crippen LogP contribution in [0.3, 0.4) is 0 Å². The molecule has 0 fully saturated rings. The zero-order valence-electron chi connectivity index (χ0n) is 9.37. The van der Waals surface area contributed by atoms with Gasteiger partial charge in [-0.2, -0.15) is 5.26 Å². The molecule has 0 radical (unpaired) electrons. The van der Waals surface area contributed by atoms with E-state index >= 15 is 0 Å². The summed E-state index contributed by atoms with van der Waals surface area (Å²) >= 11 is 3.11. The van der Waals surface area contributed by atoms with Crippen LogP contribution in [0.4, 0.5) is 0 Å². The molecular formula is C11H13BrN2O2. The first-order chi connectivity index (χ1) is 7.39. The highest BCUT2D eigenvalue weighted by molar-refractivity contribution is 9.10. The number of halogens is 1. The monoisotopic (exact) mass is 284 g/mol. The molecule has 1 unspecified atom stereocenters. The summed E-state index contributed by atoms with van der Waals surface area (Å²) in [5.41, 5.74) is -0.893. The molecule has 1 aromatic rings. The molecule has 16 heavy (non-hydrogen) atoms. The molecule has 1 atom stereocenters. The number of amides is 1. The Bertz CT molecular complexity index is 433. The molecule has 1 heterocycles. The number of rotatable bonds is 3. The van der Waals surface area contributed by atoms with E-state index in [2.05, 4.69) is 27.3 Å². The van der Waals surface area contributed by atoms with Crippen LogP contribution in [0.1, 0.15) is 31.3 Å². The van der Waals surface area contributed by atoms with Crippen LogP contribution in [-0.4, -0.2) is 11.4 Å². The highest BCUT2D eigenvalue weighted by Gasteiger charge is 2.31. The minimum absolute atomic E-state index is 0.0138. The Morgan fingerprint density at radius 1 is 1.62 bits per heavy atom. The van der Waals surface area contributed by atoms with Gasteiger partial charge < -0.3 is 9.73 Å². The molecule has 0 spiro atoms. The maximum Gasteiger partial charge on any atom is 0.288 e. The Morgan fingerprint density at radius 2 is 2.25 bits per heavy atom. The molecule has 1 amide bonds. The van der Waals surface area contributed by atoms with Gasteiger partial charge in [0, 0.05) is 0 Å². The Balaban J connectivity index is 2.83. The van der Waals surface area contributed by atoms with Crippen molar-refractivity contribution in [3.63, 3.8) is 0 Å².